The van der Waals surface area contributed by atoms with Crippen LogP contribution in [0.5, 0.6) is 0 Å². The van der Waals surface area contributed by atoms with Crippen LogP contribution in [0.25, 0.3) is 0 Å². The van der Waals surface area contributed by atoms with E-state index >= 15 is 0 Å². The molecule has 0 bridgehead atoms. The maximum Gasteiger partial charge on any atom is 0.159 e. The van der Waals surface area contributed by atoms with Crippen molar-refractivity contribution in [2.45, 2.75) is 39.7 Å². The summed E-state index contributed by atoms with van der Waals surface area (Å²) in [5, 5.41) is 0. The predicted octanol–water partition coefficient (Wildman–Crippen LogP) is 3.52. The maximum atomic E-state index is 13.0. The molecule has 1 nitrogen and oxygen atoms in total. The number of halogens is 2. The van der Waals surface area contributed by atoms with Crippen molar-refractivity contribution in [2.24, 2.45) is 17.6 Å². The highest BCUT2D eigenvalue weighted by Gasteiger charge is 2.15. The highest BCUT2D eigenvalue weighted by Crippen LogP contribution is 2.18. The average Bonchev–Trinajstić information content (AvgIpc) is 2.22. The number of rotatable bonds is 5. The Morgan fingerprint density at radius 1 is 1.12 bits per heavy atom. The van der Waals surface area contributed by atoms with Gasteiger partial charge in [-0.25, -0.2) is 8.78 Å². The fourth-order valence-corrected chi connectivity index (χ4v) is 2.06. The van der Waals surface area contributed by atoms with Crippen molar-refractivity contribution >= 4 is 0 Å². The first-order chi connectivity index (χ1) is 7.90. The summed E-state index contributed by atoms with van der Waals surface area (Å²) in [7, 11) is 0. The molecule has 3 heteroatoms. The Bertz CT molecular complexity index is 363. The van der Waals surface area contributed by atoms with Gasteiger partial charge in [-0.1, -0.05) is 26.8 Å². The average molecular weight is 241 g/mol. The zero-order chi connectivity index (χ0) is 13.0. The number of hydrogen-bond acceptors (Lipinski definition) is 1. The van der Waals surface area contributed by atoms with E-state index in [-0.39, 0.29) is 6.04 Å². The fourth-order valence-electron chi connectivity index (χ4n) is 2.06. The minimum atomic E-state index is -0.808. The predicted molar refractivity (Wildman–Crippen MR) is 66.7 cm³/mol. The van der Waals surface area contributed by atoms with E-state index < -0.39 is 11.6 Å². The molecule has 2 unspecified atom stereocenters. The van der Waals surface area contributed by atoms with Gasteiger partial charge in [-0.15, -0.1) is 0 Å². The van der Waals surface area contributed by atoms with Gasteiger partial charge in [-0.3, -0.25) is 0 Å². The van der Waals surface area contributed by atoms with Crippen molar-refractivity contribution in [2.75, 3.05) is 0 Å². The van der Waals surface area contributed by atoms with Crippen molar-refractivity contribution in [1.82, 2.24) is 0 Å². The van der Waals surface area contributed by atoms with Crippen LogP contribution in [0, 0.1) is 23.5 Å². The van der Waals surface area contributed by atoms with Crippen molar-refractivity contribution < 1.29 is 8.78 Å². The molecule has 0 fully saturated rings. The van der Waals surface area contributed by atoms with Crippen LogP contribution in [0.3, 0.4) is 0 Å². The molecule has 0 aliphatic carbocycles. The lowest BCUT2D eigenvalue weighted by Crippen LogP contribution is -2.31. The third kappa shape index (κ3) is 4.43. The molecule has 0 saturated heterocycles. The van der Waals surface area contributed by atoms with Crippen LogP contribution in [0.15, 0.2) is 18.2 Å². The second-order valence-electron chi connectivity index (χ2n) is 5.22. The van der Waals surface area contributed by atoms with E-state index in [1.807, 2.05) is 0 Å². The van der Waals surface area contributed by atoms with E-state index in [1.165, 1.54) is 6.07 Å². The Morgan fingerprint density at radius 3 is 2.29 bits per heavy atom. The number of hydrogen-bond donors (Lipinski definition) is 1. The van der Waals surface area contributed by atoms with Crippen molar-refractivity contribution in [3.8, 4) is 0 Å². The molecule has 0 saturated carbocycles. The van der Waals surface area contributed by atoms with Gasteiger partial charge in [0.15, 0.2) is 11.6 Å². The molecular weight excluding hydrogens is 220 g/mol. The summed E-state index contributed by atoms with van der Waals surface area (Å²) < 4.78 is 25.8. The van der Waals surface area contributed by atoms with Gasteiger partial charge in [-0.05, 0) is 42.4 Å². The molecule has 0 aliphatic heterocycles. The second kappa shape index (κ2) is 6.10. The van der Waals surface area contributed by atoms with Crippen LogP contribution in [0.4, 0.5) is 8.78 Å². The first-order valence-corrected chi connectivity index (χ1v) is 6.09. The van der Waals surface area contributed by atoms with Crippen LogP contribution in [-0.4, -0.2) is 6.04 Å². The second-order valence-corrected chi connectivity index (χ2v) is 5.22. The van der Waals surface area contributed by atoms with Gasteiger partial charge in [0.2, 0.25) is 0 Å². The van der Waals surface area contributed by atoms with E-state index in [2.05, 4.69) is 20.8 Å². The first kappa shape index (κ1) is 14.1. The fraction of sp³-hybridized carbons (Fsp3) is 0.571. The maximum absolute atomic E-state index is 13.0. The van der Waals surface area contributed by atoms with Crippen LogP contribution in [0.2, 0.25) is 0 Å². The quantitative estimate of drug-likeness (QED) is 0.838. The Morgan fingerprint density at radius 2 is 1.76 bits per heavy atom. The minimum absolute atomic E-state index is 0.0118. The lowest BCUT2D eigenvalue weighted by molar-refractivity contribution is 0.369. The van der Waals surface area contributed by atoms with Crippen LogP contribution < -0.4 is 5.73 Å². The molecule has 1 aromatic carbocycles. The Labute approximate surface area is 102 Å². The summed E-state index contributed by atoms with van der Waals surface area (Å²) in [6.07, 6.45) is 1.63. The van der Waals surface area contributed by atoms with Gasteiger partial charge in [0, 0.05) is 6.04 Å². The van der Waals surface area contributed by atoms with Crippen LogP contribution >= 0.6 is 0 Å². The van der Waals surface area contributed by atoms with Gasteiger partial charge in [-0.2, -0.15) is 0 Å². The zero-order valence-electron chi connectivity index (χ0n) is 10.7. The van der Waals surface area contributed by atoms with E-state index in [9.17, 15) is 8.78 Å². The molecule has 2 N–H and O–H groups in total. The van der Waals surface area contributed by atoms with Gasteiger partial charge >= 0.3 is 0 Å². The number of nitrogens with two attached hydrogens (primary N) is 1. The summed E-state index contributed by atoms with van der Waals surface area (Å²) in [6, 6.07) is 3.98. The zero-order valence-corrected chi connectivity index (χ0v) is 10.7. The first-order valence-electron chi connectivity index (χ1n) is 6.09. The Hall–Kier alpha value is -0.960. The molecule has 96 valence electrons. The molecule has 1 rings (SSSR count). The van der Waals surface area contributed by atoms with Crippen molar-refractivity contribution in [3.63, 3.8) is 0 Å². The lowest BCUT2D eigenvalue weighted by atomic mass is 9.89. The van der Waals surface area contributed by atoms with Gasteiger partial charge in [0.1, 0.15) is 0 Å². The van der Waals surface area contributed by atoms with Gasteiger partial charge in [0.05, 0.1) is 0 Å². The van der Waals surface area contributed by atoms with Crippen LogP contribution in [0.1, 0.15) is 32.8 Å². The van der Waals surface area contributed by atoms with E-state index in [0.717, 1.165) is 18.1 Å². The number of benzene rings is 1. The summed E-state index contributed by atoms with van der Waals surface area (Å²) in [5.41, 5.74) is 6.83. The molecule has 0 heterocycles. The smallest absolute Gasteiger partial charge is 0.159 e. The molecule has 0 aliphatic rings. The van der Waals surface area contributed by atoms with Crippen molar-refractivity contribution in [1.29, 1.82) is 0 Å². The van der Waals surface area contributed by atoms with E-state index in [0.29, 0.717) is 18.3 Å². The normalized spacial score (nSPS) is 15.0. The molecule has 17 heavy (non-hydrogen) atoms. The monoisotopic (exact) mass is 241 g/mol. The topological polar surface area (TPSA) is 26.0 Å². The summed E-state index contributed by atoms with van der Waals surface area (Å²) in [4.78, 5) is 0. The third-order valence-electron chi connectivity index (χ3n) is 3.03. The molecule has 0 amide bonds. The highest BCUT2D eigenvalue weighted by molar-refractivity contribution is 5.18. The summed E-state index contributed by atoms with van der Waals surface area (Å²) >= 11 is 0. The van der Waals surface area contributed by atoms with Gasteiger partial charge in [0.25, 0.3) is 0 Å². The Balaban J connectivity index is 2.61. The van der Waals surface area contributed by atoms with Crippen LogP contribution in [-0.2, 0) is 6.42 Å². The lowest BCUT2D eigenvalue weighted by Gasteiger charge is -2.21. The third-order valence-corrected chi connectivity index (χ3v) is 3.03. The molecule has 0 radical (unpaired) electrons. The van der Waals surface area contributed by atoms with E-state index in [1.54, 1.807) is 6.07 Å². The van der Waals surface area contributed by atoms with E-state index in [4.69, 9.17) is 5.73 Å². The summed E-state index contributed by atoms with van der Waals surface area (Å²) in [5.74, 6) is -0.632. The van der Waals surface area contributed by atoms with Crippen molar-refractivity contribution in [3.05, 3.63) is 35.4 Å². The highest BCUT2D eigenvalue weighted by atomic mass is 19.2. The minimum Gasteiger partial charge on any atom is -0.327 e. The Kier molecular flexibility index (Phi) is 5.06. The SMILES string of the molecule is CC(C)CC(C)C(N)Cc1ccc(F)c(F)c1. The largest absolute Gasteiger partial charge is 0.327 e. The molecule has 1 aromatic rings. The standard InChI is InChI=1S/C14H21F2N/c1-9(2)6-10(3)14(17)8-11-4-5-12(15)13(16)7-11/h4-5,7,9-10,14H,6,8,17H2,1-3H3. The molecule has 0 aromatic heterocycles. The molecular formula is C14H21F2N. The molecule has 0 spiro atoms. The molecule has 2 atom stereocenters. The van der Waals surface area contributed by atoms with Gasteiger partial charge < -0.3 is 5.73 Å². The summed E-state index contributed by atoms with van der Waals surface area (Å²) in [6.45, 7) is 6.41.